The van der Waals surface area contributed by atoms with E-state index in [4.69, 9.17) is 5.73 Å². The molecule has 0 saturated carbocycles. The van der Waals surface area contributed by atoms with Crippen molar-refractivity contribution in [1.82, 2.24) is 15.1 Å². The lowest BCUT2D eigenvalue weighted by atomic mass is 10.2. The molecular formula is C22H30FN7O. The van der Waals surface area contributed by atoms with Crippen LogP contribution in [0, 0.1) is 5.82 Å². The Kier molecular flexibility index (Phi) is 9.41. The number of carbonyl (C=O) groups excluding carboxylic acids is 1. The quantitative estimate of drug-likeness (QED) is 0.466. The van der Waals surface area contributed by atoms with Gasteiger partial charge in [0, 0.05) is 51.0 Å². The maximum Gasteiger partial charge on any atom is 0.265 e. The number of benzene rings is 1. The summed E-state index contributed by atoms with van der Waals surface area (Å²) in [6.45, 7) is 5.71. The summed E-state index contributed by atoms with van der Waals surface area (Å²) >= 11 is 0. The van der Waals surface area contributed by atoms with Crippen LogP contribution in [0.25, 0.3) is 0 Å². The van der Waals surface area contributed by atoms with Gasteiger partial charge in [-0.15, -0.1) is 0 Å². The average Bonchev–Trinajstić information content (AvgIpc) is 3.46. The number of nitrogens with two attached hydrogens (primary N) is 1. The zero-order valence-electron chi connectivity index (χ0n) is 18.2. The summed E-state index contributed by atoms with van der Waals surface area (Å²) in [4.78, 5) is 20.1. The minimum Gasteiger partial charge on any atom is -0.403 e. The van der Waals surface area contributed by atoms with Crippen LogP contribution in [-0.4, -0.2) is 47.2 Å². The second-order valence-corrected chi connectivity index (χ2v) is 6.91. The summed E-state index contributed by atoms with van der Waals surface area (Å²) in [6.07, 6.45) is 6.72. The van der Waals surface area contributed by atoms with Crippen molar-refractivity contribution in [2.75, 3.05) is 25.5 Å². The van der Waals surface area contributed by atoms with E-state index in [9.17, 15) is 9.18 Å². The lowest BCUT2D eigenvalue weighted by molar-refractivity contribution is -0.114. The molecule has 0 fully saturated rings. The van der Waals surface area contributed by atoms with Gasteiger partial charge in [-0.1, -0.05) is 0 Å². The van der Waals surface area contributed by atoms with Crippen molar-refractivity contribution in [3.63, 3.8) is 0 Å². The normalized spacial score (nSPS) is 13.7. The van der Waals surface area contributed by atoms with Gasteiger partial charge < -0.3 is 16.4 Å². The van der Waals surface area contributed by atoms with Crippen LogP contribution in [0.15, 0.2) is 58.5 Å². The standard InChI is InChI=1S/C14H22N6O.C8H8FN/c1-11(16-3)13(10-15)19-12(2)14(21)17-6-4-8-20-9-5-7-18-20;9-7-1-2-8-6(5-7)3-4-10-8/h5,7,9-10H,4,6,8,15H2,1-3H3,(H,17,21);1-2,5,10H,3-4H2/b13-10+,16-11?,19-12?;. The van der Waals surface area contributed by atoms with E-state index in [2.05, 4.69) is 25.7 Å². The predicted molar refractivity (Wildman–Crippen MR) is 123 cm³/mol. The molecule has 9 heteroatoms. The number of halogens is 1. The molecule has 31 heavy (non-hydrogen) atoms. The fourth-order valence-corrected chi connectivity index (χ4v) is 2.86. The SMILES string of the molecule is CN=C(C)/C(=C\N)N=C(C)C(=O)NCCCn1cccn1.Fc1ccc2c(c1)CCN2. The maximum absolute atomic E-state index is 12.5. The highest BCUT2D eigenvalue weighted by Gasteiger charge is 2.09. The first-order chi connectivity index (χ1) is 14.9. The molecule has 0 radical (unpaired) electrons. The van der Waals surface area contributed by atoms with E-state index in [0.717, 1.165) is 37.2 Å². The van der Waals surface area contributed by atoms with Crippen molar-refractivity contribution in [1.29, 1.82) is 0 Å². The Hall–Kier alpha value is -3.49. The number of nitrogens with zero attached hydrogens (tertiary/aromatic N) is 4. The van der Waals surface area contributed by atoms with E-state index in [1.807, 2.05) is 16.9 Å². The molecule has 3 rings (SSSR count). The van der Waals surface area contributed by atoms with E-state index in [1.54, 1.807) is 39.2 Å². The zero-order chi connectivity index (χ0) is 22.6. The Morgan fingerprint density at radius 3 is 2.87 bits per heavy atom. The lowest BCUT2D eigenvalue weighted by Crippen LogP contribution is -2.31. The number of aromatic nitrogens is 2. The van der Waals surface area contributed by atoms with Crippen molar-refractivity contribution < 1.29 is 9.18 Å². The Morgan fingerprint density at radius 1 is 1.39 bits per heavy atom. The van der Waals surface area contributed by atoms with Crippen LogP contribution in [0.2, 0.25) is 0 Å². The van der Waals surface area contributed by atoms with Gasteiger partial charge in [-0.2, -0.15) is 5.10 Å². The summed E-state index contributed by atoms with van der Waals surface area (Å²) in [7, 11) is 1.65. The first kappa shape index (κ1) is 23.8. The summed E-state index contributed by atoms with van der Waals surface area (Å²) in [5.41, 5.74) is 9.20. The van der Waals surface area contributed by atoms with Crippen LogP contribution < -0.4 is 16.4 Å². The fraction of sp³-hybridized carbons (Fsp3) is 0.364. The van der Waals surface area contributed by atoms with E-state index in [0.29, 0.717) is 23.7 Å². The number of nitrogens with one attached hydrogen (secondary N) is 2. The van der Waals surface area contributed by atoms with Crippen LogP contribution in [-0.2, 0) is 17.8 Å². The highest BCUT2D eigenvalue weighted by Crippen LogP contribution is 2.21. The van der Waals surface area contributed by atoms with Crippen molar-refractivity contribution in [2.45, 2.75) is 33.2 Å². The van der Waals surface area contributed by atoms with Crippen LogP contribution in [0.4, 0.5) is 10.1 Å². The van der Waals surface area contributed by atoms with Gasteiger partial charge in [-0.05, 0) is 56.5 Å². The Bertz CT molecular complexity index is 949. The lowest BCUT2D eigenvalue weighted by Gasteiger charge is -2.06. The minimum atomic E-state index is -0.210. The van der Waals surface area contributed by atoms with Gasteiger partial charge in [0.05, 0.1) is 11.4 Å². The molecule has 0 saturated heterocycles. The number of allylic oxidation sites excluding steroid dienone is 1. The van der Waals surface area contributed by atoms with Crippen LogP contribution in [0.1, 0.15) is 25.8 Å². The number of fused-ring (bicyclic) bond motifs is 1. The number of rotatable bonds is 7. The van der Waals surface area contributed by atoms with Crippen molar-refractivity contribution >= 4 is 23.0 Å². The summed E-state index contributed by atoms with van der Waals surface area (Å²) < 4.78 is 14.4. The third-order valence-corrected chi connectivity index (χ3v) is 4.67. The summed E-state index contributed by atoms with van der Waals surface area (Å²) in [6, 6.07) is 6.73. The molecule has 4 N–H and O–H groups in total. The number of hydrogen-bond acceptors (Lipinski definition) is 6. The molecule has 1 aromatic heterocycles. The summed E-state index contributed by atoms with van der Waals surface area (Å²) in [5.74, 6) is -0.346. The van der Waals surface area contributed by atoms with Gasteiger partial charge in [0.15, 0.2) is 0 Å². The molecular weight excluding hydrogens is 397 g/mol. The van der Waals surface area contributed by atoms with Gasteiger partial charge in [-0.25, -0.2) is 9.38 Å². The average molecular weight is 428 g/mol. The molecule has 0 atom stereocenters. The molecule has 1 aliphatic rings. The zero-order valence-corrected chi connectivity index (χ0v) is 18.2. The molecule has 8 nitrogen and oxygen atoms in total. The number of amides is 1. The Labute approximate surface area is 182 Å². The van der Waals surface area contributed by atoms with Crippen LogP contribution in [0.5, 0.6) is 0 Å². The highest BCUT2D eigenvalue weighted by atomic mass is 19.1. The minimum absolute atomic E-state index is 0.137. The molecule has 2 heterocycles. The van der Waals surface area contributed by atoms with Crippen molar-refractivity contribution in [2.24, 2.45) is 15.7 Å². The highest BCUT2D eigenvalue weighted by molar-refractivity contribution is 6.38. The molecule has 0 aliphatic carbocycles. The molecule has 0 bridgehead atoms. The molecule has 1 amide bonds. The molecule has 0 unspecified atom stereocenters. The Morgan fingerprint density at radius 2 is 2.19 bits per heavy atom. The van der Waals surface area contributed by atoms with E-state index >= 15 is 0 Å². The molecule has 0 spiro atoms. The van der Waals surface area contributed by atoms with E-state index in [1.165, 1.54) is 12.3 Å². The van der Waals surface area contributed by atoms with Crippen molar-refractivity contribution in [3.8, 4) is 0 Å². The van der Waals surface area contributed by atoms with Crippen molar-refractivity contribution in [3.05, 3.63) is 59.9 Å². The largest absolute Gasteiger partial charge is 0.403 e. The molecule has 166 valence electrons. The van der Waals surface area contributed by atoms with Crippen LogP contribution in [0.3, 0.4) is 0 Å². The Balaban J connectivity index is 0.000000280. The van der Waals surface area contributed by atoms with Gasteiger partial charge >= 0.3 is 0 Å². The number of carbonyl (C=O) groups is 1. The number of anilines is 1. The van der Waals surface area contributed by atoms with Gasteiger partial charge in [0.25, 0.3) is 5.91 Å². The predicted octanol–water partition coefficient (Wildman–Crippen LogP) is 2.53. The van der Waals surface area contributed by atoms with Gasteiger partial charge in [-0.3, -0.25) is 14.5 Å². The van der Waals surface area contributed by atoms with E-state index in [-0.39, 0.29) is 11.7 Å². The number of aliphatic imine (C=N–C) groups is 2. The second-order valence-electron chi connectivity index (χ2n) is 6.91. The number of aryl methyl sites for hydroxylation is 1. The molecule has 2 aromatic rings. The fourth-order valence-electron chi connectivity index (χ4n) is 2.86. The smallest absolute Gasteiger partial charge is 0.265 e. The summed E-state index contributed by atoms with van der Waals surface area (Å²) in [5, 5.41) is 10.1. The monoisotopic (exact) mass is 427 g/mol. The van der Waals surface area contributed by atoms with Crippen LogP contribution >= 0.6 is 0 Å². The number of hydrogen-bond donors (Lipinski definition) is 3. The third kappa shape index (κ3) is 7.69. The first-order valence-corrected chi connectivity index (χ1v) is 10.1. The maximum atomic E-state index is 12.5. The van der Waals surface area contributed by atoms with E-state index < -0.39 is 0 Å². The van der Waals surface area contributed by atoms with Gasteiger partial charge in [0.2, 0.25) is 0 Å². The first-order valence-electron chi connectivity index (χ1n) is 10.1. The second kappa shape index (κ2) is 12.3. The molecule has 1 aliphatic heterocycles. The molecule has 1 aromatic carbocycles. The topological polar surface area (TPSA) is 110 Å². The van der Waals surface area contributed by atoms with Gasteiger partial charge in [0.1, 0.15) is 11.5 Å². The third-order valence-electron chi connectivity index (χ3n) is 4.67.